The van der Waals surface area contributed by atoms with Gasteiger partial charge >= 0.3 is 0 Å². The maximum absolute atomic E-state index is 13.0. The van der Waals surface area contributed by atoms with E-state index < -0.39 is 17.2 Å². The van der Waals surface area contributed by atoms with Crippen molar-refractivity contribution >= 4 is 22.7 Å². The van der Waals surface area contributed by atoms with Gasteiger partial charge in [-0.25, -0.2) is 10.5 Å². The maximum Gasteiger partial charge on any atom is 0.247 e. The molecule has 1 saturated heterocycles. The lowest BCUT2D eigenvalue weighted by atomic mass is 9.89. The van der Waals surface area contributed by atoms with Gasteiger partial charge in [0.1, 0.15) is 12.4 Å². The third kappa shape index (κ3) is 5.80. The molecule has 210 valence electrons. The van der Waals surface area contributed by atoms with Crippen LogP contribution in [0.2, 0.25) is 0 Å². The van der Waals surface area contributed by atoms with E-state index in [1.165, 1.54) is 0 Å². The molecule has 6 rings (SSSR count). The summed E-state index contributed by atoms with van der Waals surface area (Å²) in [4.78, 5) is 32.0. The van der Waals surface area contributed by atoms with Gasteiger partial charge in [-0.3, -0.25) is 14.8 Å². The second kappa shape index (κ2) is 11.3. The summed E-state index contributed by atoms with van der Waals surface area (Å²) in [5.41, 5.74) is 12.2. The molecule has 2 aliphatic rings. The molecule has 0 radical (unpaired) electrons. The van der Waals surface area contributed by atoms with Crippen LogP contribution in [0.1, 0.15) is 30.4 Å². The largest absolute Gasteiger partial charge is 0.489 e. The van der Waals surface area contributed by atoms with Gasteiger partial charge in [0.25, 0.3) is 0 Å². The number of rotatable bonds is 9. The monoisotopic (exact) mass is 550 g/mol. The highest BCUT2D eigenvalue weighted by molar-refractivity contribution is 5.86. The molecule has 41 heavy (non-hydrogen) atoms. The lowest BCUT2D eigenvalue weighted by Crippen LogP contribution is -2.35. The first-order valence-corrected chi connectivity index (χ1v) is 14.1. The molecule has 8 nitrogen and oxygen atoms in total. The van der Waals surface area contributed by atoms with E-state index in [-0.39, 0.29) is 18.4 Å². The second-order valence-electron chi connectivity index (χ2n) is 11.3. The molecule has 2 heterocycles. The highest BCUT2D eigenvalue weighted by Crippen LogP contribution is 2.58. The summed E-state index contributed by atoms with van der Waals surface area (Å²) < 4.78 is 6.21. The number of hydrogen-bond acceptors (Lipinski definition) is 6. The number of benzene rings is 3. The summed E-state index contributed by atoms with van der Waals surface area (Å²) in [5, 5.41) is 10.3. The highest BCUT2D eigenvalue weighted by atomic mass is 16.5. The van der Waals surface area contributed by atoms with Gasteiger partial charge in [0.2, 0.25) is 11.8 Å². The predicted octanol–water partition coefficient (Wildman–Crippen LogP) is 4.48. The Morgan fingerprint density at radius 3 is 2.54 bits per heavy atom. The van der Waals surface area contributed by atoms with Crippen molar-refractivity contribution in [3.05, 3.63) is 96.1 Å². The number of nitrogens with two attached hydrogens (primary N) is 1. The number of ether oxygens (including phenoxy) is 1. The molecule has 1 aromatic heterocycles. The fourth-order valence-electron chi connectivity index (χ4n) is 6.07. The topological polar surface area (TPSA) is 118 Å². The van der Waals surface area contributed by atoms with Gasteiger partial charge in [0.05, 0.1) is 11.2 Å². The van der Waals surface area contributed by atoms with Crippen LogP contribution in [-0.4, -0.2) is 46.0 Å². The summed E-state index contributed by atoms with van der Waals surface area (Å²) in [6, 6.07) is 28.1. The quantitative estimate of drug-likeness (QED) is 0.209. The number of hydrogen-bond donors (Lipinski definition) is 3. The van der Waals surface area contributed by atoms with Crippen LogP contribution in [0.5, 0.6) is 5.75 Å². The summed E-state index contributed by atoms with van der Waals surface area (Å²) in [7, 11) is 0. The standard InChI is InChI=1S/C33H34N4O4/c34-25-14-15-37(20-25)31(38)19-33(18-28(33)32(39)36-40)17-22-10-12-26(13-11-22)41-21-24-16-30(23-6-2-1-3-7-23)35-29-9-5-4-8-27(24)29/h1-13,16,25,28,40H,14-15,17-21,34H2,(H,36,39)/t25-,28-,33-/m1/s1. The number of pyridine rings is 1. The molecule has 0 spiro atoms. The van der Waals surface area contributed by atoms with Gasteiger partial charge in [0.15, 0.2) is 0 Å². The van der Waals surface area contributed by atoms with Gasteiger partial charge in [0, 0.05) is 48.0 Å². The van der Waals surface area contributed by atoms with Crippen molar-refractivity contribution in [2.75, 3.05) is 13.1 Å². The van der Waals surface area contributed by atoms with Crippen molar-refractivity contribution in [1.82, 2.24) is 15.4 Å². The molecular formula is C33H34N4O4. The van der Waals surface area contributed by atoms with Crippen LogP contribution in [0.15, 0.2) is 84.9 Å². The number of para-hydroxylation sites is 1. The van der Waals surface area contributed by atoms with E-state index >= 15 is 0 Å². The van der Waals surface area contributed by atoms with Crippen molar-refractivity contribution in [2.45, 2.75) is 38.3 Å². The third-order valence-corrected chi connectivity index (χ3v) is 8.44. The van der Waals surface area contributed by atoms with E-state index in [1.807, 2.05) is 60.7 Å². The van der Waals surface area contributed by atoms with Gasteiger partial charge in [-0.15, -0.1) is 0 Å². The van der Waals surface area contributed by atoms with E-state index in [9.17, 15) is 14.8 Å². The summed E-state index contributed by atoms with van der Waals surface area (Å²) >= 11 is 0. The third-order valence-electron chi connectivity index (χ3n) is 8.44. The smallest absolute Gasteiger partial charge is 0.247 e. The number of hydroxylamine groups is 1. The Hall–Kier alpha value is -4.27. The molecule has 2 fully saturated rings. The Morgan fingerprint density at radius 2 is 1.80 bits per heavy atom. The van der Waals surface area contributed by atoms with Gasteiger partial charge in [-0.1, -0.05) is 60.7 Å². The number of amides is 2. The maximum atomic E-state index is 13.0. The zero-order chi connectivity index (χ0) is 28.4. The Kier molecular flexibility index (Phi) is 7.43. The summed E-state index contributed by atoms with van der Waals surface area (Å²) in [6.45, 7) is 1.59. The number of carbonyl (C=O) groups is 2. The van der Waals surface area contributed by atoms with Crippen LogP contribution in [0.25, 0.3) is 22.2 Å². The minimum atomic E-state index is -0.511. The molecular weight excluding hydrogens is 516 g/mol. The van der Waals surface area contributed by atoms with Crippen LogP contribution in [0.4, 0.5) is 0 Å². The fraction of sp³-hybridized carbons (Fsp3) is 0.303. The number of nitrogens with zero attached hydrogens (tertiary/aromatic N) is 2. The molecule has 2 amide bonds. The average Bonchev–Trinajstić information content (AvgIpc) is 3.51. The van der Waals surface area contributed by atoms with Crippen molar-refractivity contribution in [3.63, 3.8) is 0 Å². The lowest BCUT2D eigenvalue weighted by molar-refractivity contribution is -0.133. The minimum absolute atomic E-state index is 0.00764. The average molecular weight is 551 g/mol. The predicted molar refractivity (Wildman–Crippen MR) is 156 cm³/mol. The van der Waals surface area contributed by atoms with Gasteiger partial charge < -0.3 is 15.4 Å². The molecule has 1 saturated carbocycles. The fourth-order valence-corrected chi connectivity index (χ4v) is 6.07. The van der Waals surface area contributed by atoms with Crippen LogP contribution in [-0.2, 0) is 22.6 Å². The Morgan fingerprint density at radius 1 is 1.05 bits per heavy atom. The number of nitrogens with one attached hydrogen (secondary N) is 1. The number of likely N-dealkylation sites (tertiary alicyclic amines) is 1. The summed E-state index contributed by atoms with van der Waals surface area (Å²) in [5.74, 6) is -0.0871. The Labute approximate surface area is 239 Å². The molecule has 3 atom stereocenters. The van der Waals surface area contributed by atoms with E-state index in [1.54, 1.807) is 10.4 Å². The van der Waals surface area contributed by atoms with Crippen LogP contribution >= 0.6 is 0 Å². The lowest BCUT2D eigenvalue weighted by Gasteiger charge is -2.22. The summed E-state index contributed by atoms with van der Waals surface area (Å²) in [6.07, 6.45) is 2.17. The second-order valence-corrected chi connectivity index (χ2v) is 11.3. The molecule has 0 bridgehead atoms. The zero-order valence-corrected chi connectivity index (χ0v) is 22.8. The zero-order valence-electron chi connectivity index (χ0n) is 22.8. The molecule has 1 aliphatic heterocycles. The molecule has 0 unspecified atom stereocenters. The number of carbonyl (C=O) groups excluding carboxylic acids is 2. The van der Waals surface area contributed by atoms with E-state index in [4.69, 9.17) is 15.5 Å². The molecule has 1 aliphatic carbocycles. The van der Waals surface area contributed by atoms with Crippen LogP contribution in [0, 0.1) is 11.3 Å². The van der Waals surface area contributed by atoms with Gasteiger partial charge in [-0.05, 0) is 54.5 Å². The van der Waals surface area contributed by atoms with Crippen molar-refractivity contribution < 1.29 is 19.5 Å². The normalized spacial score (nSPS) is 21.6. The first-order valence-electron chi connectivity index (χ1n) is 14.1. The van der Waals surface area contributed by atoms with E-state index in [0.717, 1.165) is 45.5 Å². The molecule has 4 aromatic rings. The number of fused-ring (bicyclic) bond motifs is 1. The first kappa shape index (κ1) is 26.9. The van der Waals surface area contributed by atoms with Crippen molar-refractivity contribution in [2.24, 2.45) is 17.1 Å². The minimum Gasteiger partial charge on any atom is -0.489 e. The van der Waals surface area contributed by atoms with E-state index in [0.29, 0.717) is 32.5 Å². The molecule has 8 heteroatoms. The molecule has 4 N–H and O–H groups in total. The first-order chi connectivity index (χ1) is 19.9. The molecule has 3 aromatic carbocycles. The van der Waals surface area contributed by atoms with E-state index in [2.05, 4.69) is 24.3 Å². The van der Waals surface area contributed by atoms with Gasteiger partial charge in [-0.2, -0.15) is 0 Å². The Bertz CT molecular complexity index is 1560. The van der Waals surface area contributed by atoms with Crippen LogP contribution < -0.4 is 16.0 Å². The Balaban J connectivity index is 1.16. The van der Waals surface area contributed by atoms with Crippen molar-refractivity contribution in [1.29, 1.82) is 0 Å². The van der Waals surface area contributed by atoms with Crippen molar-refractivity contribution in [3.8, 4) is 17.0 Å². The number of aromatic nitrogens is 1. The highest BCUT2D eigenvalue weighted by Gasteiger charge is 2.59. The SMILES string of the molecule is N[C@@H]1CCN(C(=O)C[C@@]2(Cc3ccc(OCc4cc(-c5ccccc5)nc5ccccc45)cc3)C[C@@H]2C(=O)NO)C1. The van der Waals surface area contributed by atoms with Crippen LogP contribution in [0.3, 0.4) is 0 Å².